The van der Waals surface area contributed by atoms with Crippen molar-refractivity contribution in [2.24, 2.45) is 4.99 Å². The molecule has 5 nitrogen and oxygen atoms in total. The van der Waals surface area contributed by atoms with Crippen LogP contribution in [0.25, 0.3) is 0 Å². The number of carbonyl (C=O) groups excluding carboxylic acids is 1. The Hall–Kier alpha value is -2.82. The summed E-state index contributed by atoms with van der Waals surface area (Å²) in [5, 5.41) is 0. The minimum absolute atomic E-state index is 0.0516. The average Bonchev–Trinajstić information content (AvgIpc) is 2.90. The summed E-state index contributed by atoms with van der Waals surface area (Å²) >= 11 is 0. The predicted molar refractivity (Wildman–Crippen MR) is 88.4 cm³/mol. The van der Waals surface area contributed by atoms with Crippen molar-refractivity contribution in [3.05, 3.63) is 47.5 Å². The predicted octanol–water partition coefficient (Wildman–Crippen LogP) is 2.99. The number of para-hydroxylation sites is 1. The number of anilines is 1. The largest absolute Gasteiger partial charge is 0.493 e. The summed E-state index contributed by atoms with van der Waals surface area (Å²) in [6.45, 7) is 0. The van der Waals surface area contributed by atoms with E-state index in [4.69, 9.17) is 9.47 Å². The first kappa shape index (κ1) is 13.8. The van der Waals surface area contributed by atoms with Gasteiger partial charge in [0.25, 0.3) is 5.91 Å². The SMILES string of the molecule is COc1cc2c(cc1OC)C(=O)N1c3ccccc3C[C@H]1C=N2. The molecule has 0 fully saturated rings. The Bertz CT molecular complexity index is 829. The molecule has 0 aromatic heterocycles. The summed E-state index contributed by atoms with van der Waals surface area (Å²) < 4.78 is 10.6. The highest BCUT2D eigenvalue weighted by molar-refractivity contribution is 6.14. The molecule has 0 saturated carbocycles. The zero-order chi connectivity index (χ0) is 16.0. The topological polar surface area (TPSA) is 51.1 Å². The van der Waals surface area contributed by atoms with Gasteiger partial charge in [0.15, 0.2) is 11.5 Å². The molecule has 23 heavy (non-hydrogen) atoms. The van der Waals surface area contributed by atoms with Crippen molar-refractivity contribution in [2.75, 3.05) is 19.1 Å². The highest BCUT2D eigenvalue weighted by atomic mass is 16.5. The summed E-state index contributed by atoms with van der Waals surface area (Å²) in [7, 11) is 3.13. The van der Waals surface area contributed by atoms with E-state index in [0.717, 1.165) is 12.1 Å². The number of nitrogens with zero attached hydrogens (tertiary/aromatic N) is 2. The monoisotopic (exact) mass is 308 g/mol. The fraction of sp³-hybridized carbons (Fsp3) is 0.222. The molecular weight excluding hydrogens is 292 g/mol. The smallest absolute Gasteiger partial charge is 0.261 e. The van der Waals surface area contributed by atoms with Gasteiger partial charge in [0.2, 0.25) is 0 Å². The number of fused-ring (bicyclic) bond motifs is 4. The number of methoxy groups -OCH3 is 2. The molecule has 0 radical (unpaired) electrons. The van der Waals surface area contributed by atoms with E-state index in [1.807, 2.05) is 29.3 Å². The summed E-state index contributed by atoms with van der Waals surface area (Å²) in [4.78, 5) is 19.4. The van der Waals surface area contributed by atoms with Crippen molar-refractivity contribution in [3.63, 3.8) is 0 Å². The van der Waals surface area contributed by atoms with Crippen LogP contribution in [0.2, 0.25) is 0 Å². The molecule has 0 spiro atoms. The number of ether oxygens (including phenoxy) is 2. The molecule has 2 aliphatic rings. The lowest BCUT2D eigenvalue weighted by molar-refractivity contribution is 0.0986. The molecule has 2 aromatic carbocycles. The van der Waals surface area contributed by atoms with E-state index >= 15 is 0 Å². The number of aliphatic imine (C=N–C) groups is 1. The second-order valence-corrected chi connectivity index (χ2v) is 5.58. The molecule has 0 N–H and O–H groups in total. The van der Waals surface area contributed by atoms with Crippen LogP contribution in [-0.4, -0.2) is 32.4 Å². The number of amides is 1. The van der Waals surface area contributed by atoms with E-state index in [2.05, 4.69) is 11.1 Å². The molecule has 2 aromatic rings. The fourth-order valence-electron chi connectivity index (χ4n) is 3.24. The second kappa shape index (κ2) is 5.12. The number of rotatable bonds is 2. The zero-order valence-electron chi connectivity index (χ0n) is 12.9. The van der Waals surface area contributed by atoms with Crippen LogP contribution in [0, 0.1) is 0 Å². The van der Waals surface area contributed by atoms with Crippen LogP contribution in [0.5, 0.6) is 11.5 Å². The molecule has 0 unspecified atom stereocenters. The van der Waals surface area contributed by atoms with Gasteiger partial charge >= 0.3 is 0 Å². The molecule has 2 aliphatic heterocycles. The number of hydrogen-bond acceptors (Lipinski definition) is 4. The maximum Gasteiger partial charge on any atom is 0.261 e. The van der Waals surface area contributed by atoms with Gasteiger partial charge in [0.1, 0.15) is 0 Å². The van der Waals surface area contributed by atoms with Crippen LogP contribution in [0.15, 0.2) is 41.4 Å². The van der Waals surface area contributed by atoms with Crippen LogP contribution >= 0.6 is 0 Å². The lowest BCUT2D eigenvalue weighted by Crippen LogP contribution is -2.37. The Kier molecular flexibility index (Phi) is 3.08. The lowest BCUT2D eigenvalue weighted by atomic mass is 10.1. The molecule has 116 valence electrons. The van der Waals surface area contributed by atoms with Gasteiger partial charge in [-0.25, -0.2) is 0 Å². The van der Waals surface area contributed by atoms with Crippen LogP contribution in [-0.2, 0) is 6.42 Å². The third-order valence-corrected chi connectivity index (χ3v) is 4.35. The second-order valence-electron chi connectivity index (χ2n) is 5.58. The average molecular weight is 308 g/mol. The van der Waals surface area contributed by atoms with Gasteiger partial charge in [0, 0.05) is 24.4 Å². The molecule has 0 saturated heterocycles. The summed E-state index contributed by atoms with van der Waals surface area (Å²) in [5.74, 6) is 1.03. The van der Waals surface area contributed by atoms with Gasteiger partial charge < -0.3 is 9.47 Å². The van der Waals surface area contributed by atoms with Gasteiger partial charge in [-0.1, -0.05) is 18.2 Å². The first-order chi connectivity index (χ1) is 11.2. The van der Waals surface area contributed by atoms with E-state index < -0.39 is 0 Å². The highest BCUT2D eigenvalue weighted by Crippen LogP contribution is 2.40. The standard InChI is InChI=1S/C18H16N2O3/c1-22-16-8-13-14(9-17(16)23-2)19-10-12-7-11-5-3-4-6-15(11)20(12)18(13)21/h3-6,8-10,12H,7H2,1-2H3/t12-/m0/s1. The summed E-state index contributed by atoms with van der Waals surface area (Å²) in [5.41, 5.74) is 3.26. The van der Waals surface area contributed by atoms with Crippen molar-refractivity contribution in [3.8, 4) is 11.5 Å². The van der Waals surface area contributed by atoms with Crippen molar-refractivity contribution >= 4 is 23.5 Å². The van der Waals surface area contributed by atoms with E-state index in [-0.39, 0.29) is 11.9 Å². The fourth-order valence-corrected chi connectivity index (χ4v) is 3.24. The highest BCUT2D eigenvalue weighted by Gasteiger charge is 2.36. The number of hydrogen-bond donors (Lipinski definition) is 0. The quantitative estimate of drug-likeness (QED) is 0.857. The minimum atomic E-state index is -0.0617. The van der Waals surface area contributed by atoms with Crippen molar-refractivity contribution in [1.82, 2.24) is 0 Å². The van der Waals surface area contributed by atoms with Crippen molar-refractivity contribution in [1.29, 1.82) is 0 Å². The lowest BCUT2D eigenvalue weighted by Gasteiger charge is -2.21. The molecule has 2 heterocycles. The number of benzene rings is 2. The zero-order valence-corrected chi connectivity index (χ0v) is 12.9. The number of carbonyl (C=O) groups is 1. The summed E-state index contributed by atoms with van der Waals surface area (Å²) in [6.07, 6.45) is 2.63. The van der Waals surface area contributed by atoms with Gasteiger partial charge in [-0.05, 0) is 17.7 Å². The van der Waals surface area contributed by atoms with Crippen LogP contribution in [0.1, 0.15) is 15.9 Å². The first-order valence-electron chi connectivity index (χ1n) is 7.44. The van der Waals surface area contributed by atoms with E-state index in [1.165, 1.54) is 5.56 Å². The van der Waals surface area contributed by atoms with Gasteiger partial charge in [-0.2, -0.15) is 0 Å². The maximum atomic E-state index is 13.1. The Morgan fingerprint density at radius 2 is 1.87 bits per heavy atom. The normalized spacial score (nSPS) is 18.1. The van der Waals surface area contributed by atoms with E-state index in [1.54, 1.807) is 26.4 Å². The third kappa shape index (κ3) is 2.00. The van der Waals surface area contributed by atoms with E-state index in [9.17, 15) is 4.79 Å². The van der Waals surface area contributed by atoms with Crippen molar-refractivity contribution in [2.45, 2.75) is 12.5 Å². The summed E-state index contributed by atoms with van der Waals surface area (Å²) in [6, 6.07) is 11.4. The molecule has 1 amide bonds. The van der Waals surface area contributed by atoms with E-state index in [0.29, 0.717) is 22.7 Å². The minimum Gasteiger partial charge on any atom is -0.493 e. The van der Waals surface area contributed by atoms with Gasteiger partial charge in [0.05, 0.1) is 31.5 Å². The molecule has 0 aliphatic carbocycles. The maximum absolute atomic E-state index is 13.1. The third-order valence-electron chi connectivity index (χ3n) is 4.35. The van der Waals surface area contributed by atoms with Crippen molar-refractivity contribution < 1.29 is 14.3 Å². The Balaban J connectivity index is 1.87. The first-order valence-corrected chi connectivity index (χ1v) is 7.44. The molecule has 5 heteroatoms. The Morgan fingerprint density at radius 1 is 1.13 bits per heavy atom. The van der Waals surface area contributed by atoms with Crippen LogP contribution in [0.3, 0.4) is 0 Å². The van der Waals surface area contributed by atoms with Gasteiger partial charge in [-0.15, -0.1) is 0 Å². The molecule has 0 bridgehead atoms. The van der Waals surface area contributed by atoms with Crippen LogP contribution < -0.4 is 14.4 Å². The molecule has 1 atom stereocenters. The molecular formula is C18H16N2O3. The molecule has 4 rings (SSSR count). The Labute approximate surface area is 134 Å². The van der Waals surface area contributed by atoms with Crippen LogP contribution in [0.4, 0.5) is 11.4 Å². The Morgan fingerprint density at radius 3 is 2.65 bits per heavy atom. The van der Waals surface area contributed by atoms with Gasteiger partial charge in [-0.3, -0.25) is 14.7 Å².